The smallest absolute Gasteiger partial charge is 0.421 e. The van der Waals surface area contributed by atoms with E-state index in [1.807, 2.05) is 0 Å². The number of Topliss-reactive ketones (excluding diaryl/α,β-unsaturated/α-hetero) is 1. The van der Waals surface area contributed by atoms with Crippen LogP contribution in [-0.4, -0.2) is 18.0 Å². The zero-order valence-corrected chi connectivity index (χ0v) is 9.18. The summed E-state index contributed by atoms with van der Waals surface area (Å²) in [6, 6.07) is 3.18. The van der Waals surface area contributed by atoms with Gasteiger partial charge in [0.1, 0.15) is 0 Å². The SMILES string of the molecule is CCC(=O)c1ccc2c(c1)OC(F)(F)C(F)(F)O2. The third-order valence-electron chi connectivity index (χ3n) is 2.40. The van der Waals surface area contributed by atoms with Gasteiger partial charge in [0.25, 0.3) is 0 Å². The van der Waals surface area contributed by atoms with Crippen LogP contribution in [-0.2, 0) is 0 Å². The van der Waals surface area contributed by atoms with Crippen molar-refractivity contribution in [2.24, 2.45) is 0 Å². The lowest BCUT2D eigenvalue weighted by Crippen LogP contribution is -2.52. The van der Waals surface area contributed by atoms with Gasteiger partial charge in [-0.05, 0) is 18.2 Å². The first-order chi connectivity index (χ1) is 8.27. The van der Waals surface area contributed by atoms with E-state index in [-0.39, 0.29) is 17.8 Å². The van der Waals surface area contributed by atoms with Crippen molar-refractivity contribution < 1.29 is 31.8 Å². The van der Waals surface area contributed by atoms with E-state index < -0.39 is 23.7 Å². The van der Waals surface area contributed by atoms with E-state index in [1.54, 1.807) is 6.92 Å². The van der Waals surface area contributed by atoms with Gasteiger partial charge in [0.15, 0.2) is 17.3 Å². The Morgan fingerprint density at radius 2 is 1.67 bits per heavy atom. The molecular weight excluding hydrogens is 256 g/mol. The van der Waals surface area contributed by atoms with Crippen molar-refractivity contribution in [3.63, 3.8) is 0 Å². The van der Waals surface area contributed by atoms with Crippen LogP contribution in [0.2, 0.25) is 0 Å². The number of alkyl halides is 4. The largest absolute Gasteiger partial charge is 0.507 e. The van der Waals surface area contributed by atoms with Gasteiger partial charge in [-0.3, -0.25) is 4.79 Å². The Bertz CT molecular complexity index is 499. The molecule has 1 aliphatic rings. The molecule has 18 heavy (non-hydrogen) atoms. The van der Waals surface area contributed by atoms with E-state index in [2.05, 4.69) is 9.47 Å². The highest BCUT2D eigenvalue weighted by atomic mass is 19.3. The molecule has 0 aromatic heterocycles. The van der Waals surface area contributed by atoms with Gasteiger partial charge in [-0.2, -0.15) is 17.6 Å². The summed E-state index contributed by atoms with van der Waals surface area (Å²) >= 11 is 0. The van der Waals surface area contributed by atoms with Crippen molar-refractivity contribution in [1.82, 2.24) is 0 Å². The summed E-state index contributed by atoms with van der Waals surface area (Å²) in [5.41, 5.74) is 0.0980. The Kier molecular flexibility index (Phi) is 2.71. The summed E-state index contributed by atoms with van der Waals surface area (Å²) in [7, 11) is 0. The molecule has 1 aromatic carbocycles. The van der Waals surface area contributed by atoms with E-state index in [1.165, 1.54) is 6.07 Å². The number of rotatable bonds is 2. The number of fused-ring (bicyclic) bond motifs is 1. The highest BCUT2D eigenvalue weighted by molar-refractivity contribution is 5.96. The molecule has 7 heteroatoms. The average Bonchev–Trinajstić information content (AvgIpc) is 2.28. The molecule has 0 saturated heterocycles. The molecule has 0 bridgehead atoms. The lowest BCUT2D eigenvalue weighted by molar-refractivity contribution is -0.391. The van der Waals surface area contributed by atoms with Crippen molar-refractivity contribution in [3.8, 4) is 11.5 Å². The minimum Gasteiger partial charge on any atom is -0.421 e. The molecule has 3 nitrogen and oxygen atoms in total. The third kappa shape index (κ3) is 1.89. The van der Waals surface area contributed by atoms with Crippen molar-refractivity contribution in [2.75, 3.05) is 0 Å². The molecule has 1 heterocycles. The fourth-order valence-electron chi connectivity index (χ4n) is 1.44. The zero-order valence-electron chi connectivity index (χ0n) is 9.18. The van der Waals surface area contributed by atoms with Gasteiger partial charge in [0.05, 0.1) is 0 Å². The molecule has 2 rings (SSSR count). The fraction of sp³-hybridized carbons (Fsp3) is 0.364. The van der Waals surface area contributed by atoms with Gasteiger partial charge < -0.3 is 9.47 Å². The van der Waals surface area contributed by atoms with Crippen LogP contribution in [0.25, 0.3) is 0 Å². The van der Waals surface area contributed by atoms with Crippen LogP contribution in [0.1, 0.15) is 23.7 Å². The molecule has 0 N–H and O–H groups in total. The molecule has 0 aliphatic carbocycles. The maximum atomic E-state index is 12.9. The van der Waals surface area contributed by atoms with Gasteiger partial charge in [0.2, 0.25) is 0 Å². The van der Waals surface area contributed by atoms with Crippen LogP contribution in [0.15, 0.2) is 18.2 Å². The van der Waals surface area contributed by atoms with Gasteiger partial charge in [-0.15, -0.1) is 0 Å². The predicted molar refractivity (Wildman–Crippen MR) is 52.2 cm³/mol. The quantitative estimate of drug-likeness (QED) is 0.607. The van der Waals surface area contributed by atoms with Gasteiger partial charge >= 0.3 is 12.2 Å². The van der Waals surface area contributed by atoms with E-state index in [0.717, 1.165) is 12.1 Å². The number of hydrogen-bond acceptors (Lipinski definition) is 3. The number of halogens is 4. The van der Waals surface area contributed by atoms with E-state index in [0.29, 0.717) is 0 Å². The maximum Gasteiger partial charge on any atom is 0.507 e. The number of carbonyl (C=O) groups is 1. The lowest BCUT2D eigenvalue weighted by Gasteiger charge is -2.31. The first-order valence-corrected chi connectivity index (χ1v) is 5.08. The van der Waals surface area contributed by atoms with Crippen LogP contribution in [0.5, 0.6) is 11.5 Å². The average molecular weight is 264 g/mol. The van der Waals surface area contributed by atoms with Crippen LogP contribution in [0.4, 0.5) is 17.6 Å². The Balaban J connectivity index is 2.42. The highest BCUT2D eigenvalue weighted by Crippen LogP contribution is 2.47. The third-order valence-corrected chi connectivity index (χ3v) is 2.40. The minimum absolute atomic E-state index is 0.0980. The first kappa shape index (κ1) is 12.7. The molecular formula is C11H8F4O3. The standard InChI is InChI=1S/C11H8F4O3/c1-2-7(16)6-3-4-8-9(5-6)18-11(14,15)10(12,13)17-8/h3-5H,2H2,1H3. The summed E-state index contributed by atoms with van der Waals surface area (Å²) in [6.45, 7) is 1.59. The highest BCUT2D eigenvalue weighted by Gasteiger charge is 2.65. The molecule has 0 saturated carbocycles. The Morgan fingerprint density at radius 3 is 2.22 bits per heavy atom. The van der Waals surface area contributed by atoms with Gasteiger partial charge in [-0.25, -0.2) is 0 Å². The second-order valence-corrected chi connectivity index (χ2v) is 3.68. The second-order valence-electron chi connectivity index (χ2n) is 3.68. The molecule has 0 unspecified atom stereocenters. The van der Waals surface area contributed by atoms with Gasteiger partial charge in [-0.1, -0.05) is 6.92 Å². The second kappa shape index (κ2) is 3.86. The van der Waals surface area contributed by atoms with Crippen molar-refractivity contribution in [3.05, 3.63) is 23.8 Å². The molecule has 1 aliphatic heterocycles. The Labute approximate surface area is 99.3 Å². The number of ether oxygens (including phenoxy) is 2. The van der Waals surface area contributed by atoms with Crippen molar-refractivity contribution >= 4 is 5.78 Å². The molecule has 0 fully saturated rings. The molecule has 0 radical (unpaired) electrons. The number of carbonyl (C=O) groups excluding carboxylic acids is 1. The van der Waals surface area contributed by atoms with E-state index >= 15 is 0 Å². The first-order valence-electron chi connectivity index (χ1n) is 5.08. The normalized spacial score (nSPS) is 19.4. The number of ketones is 1. The summed E-state index contributed by atoms with van der Waals surface area (Å²) in [4.78, 5) is 11.4. The summed E-state index contributed by atoms with van der Waals surface area (Å²) in [6.07, 6.45) is -9.35. The van der Waals surface area contributed by atoms with Crippen LogP contribution in [0, 0.1) is 0 Å². The predicted octanol–water partition coefficient (Wildman–Crippen LogP) is 3.24. The monoisotopic (exact) mass is 264 g/mol. The van der Waals surface area contributed by atoms with Crippen molar-refractivity contribution in [2.45, 2.75) is 25.6 Å². The maximum absolute atomic E-state index is 12.9. The molecule has 0 atom stereocenters. The molecule has 98 valence electrons. The van der Waals surface area contributed by atoms with Gasteiger partial charge in [0, 0.05) is 12.0 Å². The molecule has 1 aromatic rings. The van der Waals surface area contributed by atoms with E-state index in [9.17, 15) is 22.4 Å². The van der Waals surface area contributed by atoms with Crippen molar-refractivity contribution in [1.29, 1.82) is 0 Å². The fourth-order valence-corrected chi connectivity index (χ4v) is 1.44. The summed E-state index contributed by atoms with van der Waals surface area (Å²) in [5.74, 6) is -1.43. The molecule has 0 amide bonds. The van der Waals surface area contributed by atoms with E-state index in [4.69, 9.17) is 0 Å². The van der Waals surface area contributed by atoms with Crippen LogP contribution >= 0.6 is 0 Å². The summed E-state index contributed by atoms with van der Waals surface area (Å²) < 4.78 is 59.2. The number of benzene rings is 1. The van der Waals surface area contributed by atoms with Crippen LogP contribution in [0.3, 0.4) is 0 Å². The minimum atomic E-state index is -4.77. The van der Waals surface area contributed by atoms with Crippen LogP contribution < -0.4 is 9.47 Å². The topological polar surface area (TPSA) is 35.5 Å². The molecule has 0 spiro atoms. The Morgan fingerprint density at radius 1 is 1.11 bits per heavy atom. The number of hydrogen-bond donors (Lipinski definition) is 0. The Hall–Kier alpha value is -1.79. The zero-order chi connectivity index (χ0) is 13.6. The lowest BCUT2D eigenvalue weighted by atomic mass is 10.1. The summed E-state index contributed by atoms with van der Waals surface area (Å²) in [5, 5.41) is 0.